The second kappa shape index (κ2) is 10.5. The molecule has 1 aromatic heterocycles. The van der Waals surface area contributed by atoms with Gasteiger partial charge >= 0.3 is 5.97 Å². The van der Waals surface area contributed by atoms with Crippen LogP contribution in [0.4, 0.5) is 0 Å². The van der Waals surface area contributed by atoms with E-state index in [4.69, 9.17) is 16.3 Å². The summed E-state index contributed by atoms with van der Waals surface area (Å²) < 4.78 is 4.91. The van der Waals surface area contributed by atoms with E-state index in [1.807, 2.05) is 42.6 Å². The van der Waals surface area contributed by atoms with E-state index in [0.29, 0.717) is 18.0 Å². The monoisotopic (exact) mass is 445 g/mol. The van der Waals surface area contributed by atoms with Crippen LogP contribution in [0.3, 0.4) is 0 Å². The van der Waals surface area contributed by atoms with Crippen molar-refractivity contribution in [2.45, 2.75) is 25.0 Å². The van der Waals surface area contributed by atoms with E-state index in [-0.39, 0.29) is 11.7 Å². The van der Waals surface area contributed by atoms with Gasteiger partial charge < -0.3 is 20.4 Å². The highest BCUT2D eigenvalue weighted by atomic mass is 35.5. The largest absolute Gasteiger partial charge is 0.467 e. The van der Waals surface area contributed by atoms with E-state index in [9.17, 15) is 9.59 Å². The summed E-state index contributed by atoms with van der Waals surface area (Å²) in [5, 5.41) is 7.63. The van der Waals surface area contributed by atoms with Crippen LogP contribution in [0, 0.1) is 0 Å². The minimum atomic E-state index is -0.804. The fourth-order valence-corrected chi connectivity index (χ4v) is 3.63. The molecular formula is C22H24ClN3O3S. The number of halogens is 1. The molecule has 8 heteroatoms. The number of benzene rings is 2. The van der Waals surface area contributed by atoms with E-state index >= 15 is 0 Å². The highest BCUT2D eigenvalue weighted by Gasteiger charge is 2.26. The van der Waals surface area contributed by atoms with E-state index in [1.54, 1.807) is 12.1 Å². The Kier molecular flexibility index (Phi) is 7.79. The summed E-state index contributed by atoms with van der Waals surface area (Å²) in [4.78, 5) is 28.3. The maximum Gasteiger partial charge on any atom is 0.328 e. The number of amides is 1. The van der Waals surface area contributed by atoms with Crippen LogP contribution in [-0.2, 0) is 27.3 Å². The minimum absolute atomic E-state index is 0.278. The molecule has 1 heterocycles. The lowest BCUT2D eigenvalue weighted by atomic mass is 10.0. The van der Waals surface area contributed by atoms with Crippen LogP contribution in [0.5, 0.6) is 0 Å². The number of para-hydroxylation sites is 1. The lowest BCUT2D eigenvalue weighted by Gasteiger charge is -2.21. The number of esters is 1. The molecule has 3 rings (SSSR count). The third-order valence-corrected chi connectivity index (χ3v) is 5.48. The van der Waals surface area contributed by atoms with Crippen molar-refractivity contribution in [3.8, 4) is 0 Å². The Balaban J connectivity index is 1.67. The zero-order valence-corrected chi connectivity index (χ0v) is 18.2. The van der Waals surface area contributed by atoms with Gasteiger partial charge in [0.15, 0.2) is 0 Å². The molecule has 0 radical (unpaired) electrons. The summed E-state index contributed by atoms with van der Waals surface area (Å²) in [5.74, 6) is -0.529. The molecule has 2 atom stereocenters. The maximum atomic E-state index is 12.8. The van der Waals surface area contributed by atoms with Gasteiger partial charge in [-0.3, -0.25) is 4.79 Å². The highest BCUT2D eigenvalue weighted by molar-refractivity contribution is 7.80. The normalized spacial score (nSPS) is 13.0. The van der Waals surface area contributed by atoms with Crippen molar-refractivity contribution in [1.82, 2.24) is 15.6 Å². The predicted molar refractivity (Wildman–Crippen MR) is 122 cm³/mol. The van der Waals surface area contributed by atoms with E-state index in [0.717, 1.165) is 22.0 Å². The Labute approximate surface area is 185 Å². The summed E-state index contributed by atoms with van der Waals surface area (Å²) in [6, 6.07) is 13.8. The topological polar surface area (TPSA) is 83.2 Å². The molecule has 0 aliphatic carbocycles. The average molecular weight is 446 g/mol. The van der Waals surface area contributed by atoms with Gasteiger partial charge in [0, 0.05) is 40.8 Å². The molecule has 0 aliphatic heterocycles. The molecule has 0 bridgehead atoms. The quantitative estimate of drug-likeness (QED) is 0.301. The van der Waals surface area contributed by atoms with Crippen molar-refractivity contribution in [2.24, 2.45) is 0 Å². The molecule has 3 aromatic rings. The smallest absolute Gasteiger partial charge is 0.328 e. The average Bonchev–Trinajstić information content (AvgIpc) is 3.17. The highest BCUT2D eigenvalue weighted by Crippen LogP contribution is 2.19. The third kappa shape index (κ3) is 5.56. The maximum absolute atomic E-state index is 12.8. The van der Waals surface area contributed by atoms with Crippen molar-refractivity contribution in [2.75, 3.05) is 12.9 Å². The number of rotatable bonds is 9. The fourth-order valence-electron chi connectivity index (χ4n) is 3.21. The number of carbonyl (C=O) groups excluding carboxylic acids is 2. The van der Waals surface area contributed by atoms with Gasteiger partial charge in [-0.25, -0.2) is 4.79 Å². The fraction of sp³-hybridized carbons (Fsp3) is 0.273. The summed E-state index contributed by atoms with van der Waals surface area (Å²) in [5.41, 5.74) is 2.89. The van der Waals surface area contributed by atoms with E-state index < -0.39 is 18.1 Å². The molecule has 0 aliphatic rings. The molecule has 0 fully saturated rings. The summed E-state index contributed by atoms with van der Waals surface area (Å²) in [6.07, 6.45) is 2.17. The number of methoxy groups -OCH3 is 1. The number of thiol groups is 1. The molecule has 6 nitrogen and oxygen atoms in total. The number of aromatic amines is 1. The second-order valence-corrected chi connectivity index (χ2v) is 7.69. The van der Waals surface area contributed by atoms with Gasteiger partial charge in [-0.05, 0) is 29.3 Å². The zero-order valence-electron chi connectivity index (χ0n) is 16.5. The van der Waals surface area contributed by atoms with Crippen LogP contribution in [0.1, 0.15) is 11.1 Å². The SMILES string of the molecule is COC(=O)[C@H](Cc1c[nH]c2ccccc12)NC(=O)[C@H](CS)NCc1ccc(Cl)cc1. The van der Waals surface area contributed by atoms with Gasteiger partial charge in [-0.15, -0.1) is 0 Å². The van der Waals surface area contributed by atoms with Crippen molar-refractivity contribution >= 4 is 47.0 Å². The lowest BCUT2D eigenvalue weighted by molar-refractivity contribution is -0.145. The third-order valence-electron chi connectivity index (χ3n) is 4.87. The predicted octanol–water partition coefficient (Wildman–Crippen LogP) is 3.11. The van der Waals surface area contributed by atoms with Crippen LogP contribution in [0.2, 0.25) is 5.02 Å². The zero-order chi connectivity index (χ0) is 21.5. The molecule has 30 heavy (non-hydrogen) atoms. The summed E-state index contributed by atoms with van der Waals surface area (Å²) >= 11 is 10.2. The molecule has 158 valence electrons. The van der Waals surface area contributed by atoms with Gasteiger partial charge in [0.05, 0.1) is 13.2 Å². The standard InChI is InChI=1S/C22H24ClN3O3S/c1-29-22(28)19(10-15-12-25-18-5-3-2-4-17(15)18)26-21(27)20(13-30)24-11-14-6-8-16(23)9-7-14/h2-9,12,19-20,24-25,30H,10-11,13H2,1H3,(H,26,27)/t19-,20-/m0/s1. The number of fused-ring (bicyclic) bond motifs is 1. The molecule has 0 saturated carbocycles. The van der Waals surface area contributed by atoms with Crippen LogP contribution in [-0.4, -0.2) is 41.8 Å². The Morgan fingerprint density at radius 3 is 2.57 bits per heavy atom. The number of hydrogen-bond donors (Lipinski definition) is 4. The summed E-state index contributed by atoms with van der Waals surface area (Å²) in [7, 11) is 1.31. The van der Waals surface area contributed by atoms with Crippen molar-refractivity contribution in [1.29, 1.82) is 0 Å². The first-order valence-corrected chi connectivity index (χ1v) is 10.5. The van der Waals surface area contributed by atoms with Gasteiger partial charge in [0.2, 0.25) is 5.91 Å². The number of ether oxygens (including phenoxy) is 1. The van der Waals surface area contributed by atoms with Gasteiger partial charge in [-0.1, -0.05) is 41.9 Å². The van der Waals surface area contributed by atoms with Crippen LogP contribution in [0.25, 0.3) is 10.9 Å². The Morgan fingerprint density at radius 2 is 1.87 bits per heavy atom. The minimum Gasteiger partial charge on any atom is -0.467 e. The van der Waals surface area contributed by atoms with Crippen LogP contribution in [0.15, 0.2) is 54.7 Å². The number of nitrogens with one attached hydrogen (secondary N) is 3. The second-order valence-electron chi connectivity index (χ2n) is 6.89. The first kappa shape index (κ1) is 22.2. The van der Waals surface area contributed by atoms with Crippen molar-refractivity contribution in [3.05, 3.63) is 70.9 Å². The first-order valence-electron chi connectivity index (χ1n) is 9.53. The van der Waals surface area contributed by atoms with Crippen molar-refractivity contribution < 1.29 is 14.3 Å². The van der Waals surface area contributed by atoms with E-state index in [2.05, 4.69) is 28.2 Å². The first-order chi connectivity index (χ1) is 14.5. The number of hydrogen-bond acceptors (Lipinski definition) is 5. The van der Waals surface area contributed by atoms with Crippen LogP contribution < -0.4 is 10.6 Å². The lowest BCUT2D eigenvalue weighted by Crippen LogP contribution is -2.51. The summed E-state index contributed by atoms with van der Waals surface area (Å²) in [6.45, 7) is 0.473. The molecule has 0 unspecified atom stereocenters. The Bertz CT molecular complexity index is 1010. The van der Waals surface area contributed by atoms with Crippen LogP contribution >= 0.6 is 24.2 Å². The number of H-pyrrole nitrogens is 1. The molecule has 2 aromatic carbocycles. The molecule has 3 N–H and O–H groups in total. The van der Waals surface area contributed by atoms with E-state index in [1.165, 1.54) is 7.11 Å². The number of aromatic nitrogens is 1. The van der Waals surface area contributed by atoms with Gasteiger partial charge in [0.1, 0.15) is 6.04 Å². The molecule has 1 amide bonds. The number of carbonyl (C=O) groups is 2. The molecular weight excluding hydrogens is 422 g/mol. The Morgan fingerprint density at radius 1 is 1.13 bits per heavy atom. The molecule has 0 saturated heterocycles. The Hall–Kier alpha value is -2.48. The van der Waals surface area contributed by atoms with Crippen molar-refractivity contribution in [3.63, 3.8) is 0 Å². The molecule has 0 spiro atoms. The van der Waals surface area contributed by atoms with Gasteiger partial charge in [0.25, 0.3) is 0 Å². The van der Waals surface area contributed by atoms with Gasteiger partial charge in [-0.2, -0.15) is 12.6 Å².